The quantitative estimate of drug-likeness (QED) is 0.714. The van der Waals surface area contributed by atoms with Crippen LogP contribution in [0.3, 0.4) is 0 Å². The topological polar surface area (TPSA) is 78.9 Å². The molecule has 108 valence electrons. The number of carbonyl (C=O) groups excluding carboxylic acids is 1. The number of nitrogens with one attached hydrogen (secondary N) is 1. The second kappa shape index (κ2) is 6.34. The molecule has 1 aliphatic heterocycles. The number of carbonyl (C=O) groups is 2. The summed E-state index contributed by atoms with van der Waals surface area (Å²) in [5, 5.41) is 12.2. The molecule has 6 nitrogen and oxygen atoms in total. The molecule has 2 fully saturated rings. The Hall–Kier alpha value is -1.14. The molecule has 1 saturated heterocycles. The van der Waals surface area contributed by atoms with Crippen molar-refractivity contribution in [3.05, 3.63) is 0 Å². The fourth-order valence-corrected chi connectivity index (χ4v) is 2.57. The highest BCUT2D eigenvalue weighted by Crippen LogP contribution is 2.36. The van der Waals surface area contributed by atoms with Crippen molar-refractivity contribution in [2.45, 2.75) is 38.3 Å². The molecule has 1 amide bonds. The average molecular weight is 270 g/mol. The monoisotopic (exact) mass is 270 g/mol. The summed E-state index contributed by atoms with van der Waals surface area (Å²) < 4.78 is 5.35. The molecule has 2 unspecified atom stereocenters. The lowest BCUT2D eigenvalue weighted by Gasteiger charge is -2.38. The van der Waals surface area contributed by atoms with E-state index in [0.717, 1.165) is 19.3 Å². The molecule has 0 aromatic rings. The maximum absolute atomic E-state index is 12.1. The average Bonchev–Trinajstić information content (AvgIpc) is 3.21. The van der Waals surface area contributed by atoms with Crippen LogP contribution in [0.5, 0.6) is 0 Å². The van der Waals surface area contributed by atoms with Crippen LogP contribution >= 0.6 is 0 Å². The van der Waals surface area contributed by atoms with Gasteiger partial charge in [0.25, 0.3) is 0 Å². The number of ether oxygens (including phenoxy) is 1. The third kappa shape index (κ3) is 3.45. The van der Waals surface area contributed by atoms with Crippen molar-refractivity contribution >= 4 is 11.9 Å². The fourth-order valence-electron chi connectivity index (χ4n) is 2.57. The Labute approximate surface area is 113 Å². The van der Waals surface area contributed by atoms with E-state index >= 15 is 0 Å². The van der Waals surface area contributed by atoms with Crippen LogP contribution < -0.4 is 5.32 Å². The number of carboxylic acids is 1. The molecule has 0 aromatic heterocycles. The maximum Gasteiger partial charge on any atom is 0.321 e. The maximum atomic E-state index is 12.1. The number of carboxylic acid groups (broad SMARTS) is 1. The second-order valence-electron chi connectivity index (χ2n) is 5.24. The molecule has 6 heteroatoms. The van der Waals surface area contributed by atoms with E-state index in [1.807, 2.05) is 11.8 Å². The largest absolute Gasteiger partial charge is 0.480 e. The molecule has 1 heterocycles. The lowest BCUT2D eigenvalue weighted by Crippen LogP contribution is -2.59. The highest BCUT2D eigenvalue weighted by molar-refractivity contribution is 5.83. The van der Waals surface area contributed by atoms with Gasteiger partial charge in [-0.3, -0.25) is 14.5 Å². The lowest BCUT2D eigenvalue weighted by molar-refractivity contribution is -0.151. The van der Waals surface area contributed by atoms with Crippen molar-refractivity contribution in [2.24, 2.45) is 5.92 Å². The van der Waals surface area contributed by atoms with Crippen molar-refractivity contribution < 1.29 is 19.4 Å². The standard InChI is InChI=1S/C13H22N2O4/c1-2-5-14-12(16)10-8-19-7-6-15(10)11(13(17)18)9-3-4-9/h9-11H,2-8H2,1H3,(H,14,16)(H,17,18). The zero-order valence-electron chi connectivity index (χ0n) is 11.3. The Morgan fingerprint density at radius 2 is 2.21 bits per heavy atom. The zero-order valence-corrected chi connectivity index (χ0v) is 11.3. The van der Waals surface area contributed by atoms with E-state index in [1.165, 1.54) is 0 Å². The van der Waals surface area contributed by atoms with Crippen LogP contribution in [0.15, 0.2) is 0 Å². The van der Waals surface area contributed by atoms with Gasteiger partial charge in [0.15, 0.2) is 0 Å². The van der Waals surface area contributed by atoms with Crippen molar-refractivity contribution in [1.82, 2.24) is 10.2 Å². The summed E-state index contributed by atoms with van der Waals surface area (Å²) in [5.41, 5.74) is 0. The molecule has 0 aromatic carbocycles. The van der Waals surface area contributed by atoms with Crippen LogP contribution in [-0.2, 0) is 14.3 Å². The molecule has 0 bridgehead atoms. The Morgan fingerprint density at radius 3 is 2.79 bits per heavy atom. The van der Waals surface area contributed by atoms with E-state index in [1.54, 1.807) is 0 Å². The van der Waals surface area contributed by atoms with Crippen LogP contribution in [0.25, 0.3) is 0 Å². The van der Waals surface area contributed by atoms with Gasteiger partial charge in [0.2, 0.25) is 5.91 Å². The predicted octanol–water partition coefficient (Wildman–Crippen LogP) is 0.0766. The Morgan fingerprint density at radius 1 is 1.47 bits per heavy atom. The summed E-state index contributed by atoms with van der Waals surface area (Å²) in [6.07, 6.45) is 2.75. The van der Waals surface area contributed by atoms with E-state index in [2.05, 4.69) is 5.32 Å². The third-order valence-electron chi connectivity index (χ3n) is 3.70. The summed E-state index contributed by atoms with van der Waals surface area (Å²) >= 11 is 0. The van der Waals surface area contributed by atoms with Gasteiger partial charge >= 0.3 is 5.97 Å². The first-order chi connectivity index (χ1) is 9.15. The fraction of sp³-hybridized carbons (Fsp3) is 0.846. The number of nitrogens with zero attached hydrogens (tertiary/aromatic N) is 1. The molecule has 19 heavy (non-hydrogen) atoms. The molecule has 1 saturated carbocycles. The molecular weight excluding hydrogens is 248 g/mol. The van der Waals surface area contributed by atoms with Crippen molar-refractivity contribution in [1.29, 1.82) is 0 Å². The van der Waals surface area contributed by atoms with E-state index in [9.17, 15) is 14.7 Å². The van der Waals surface area contributed by atoms with E-state index in [4.69, 9.17) is 4.74 Å². The molecule has 0 radical (unpaired) electrons. The second-order valence-corrected chi connectivity index (χ2v) is 5.24. The number of rotatable bonds is 6. The van der Waals surface area contributed by atoms with Crippen LogP contribution in [0.2, 0.25) is 0 Å². The molecule has 2 aliphatic rings. The van der Waals surface area contributed by atoms with E-state index in [0.29, 0.717) is 19.7 Å². The summed E-state index contributed by atoms with van der Waals surface area (Å²) in [6.45, 7) is 3.89. The number of hydrogen-bond acceptors (Lipinski definition) is 4. The zero-order chi connectivity index (χ0) is 13.8. The predicted molar refractivity (Wildman–Crippen MR) is 68.8 cm³/mol. The first-order valence-corrected chi connectivity index (χ1v) is 6.99. The molecular formula is C13H22N2O4. The smallest absolute Gasteiger partial charge is 0.321 e. The van der Waals surface area contributed by atoms with Crippen molar-refractivity contribution in [3.63, 3.8) is 0 Å². The van der Waals surface area contributed by atoms with Crippen LogP contribution in [0.1, 0.15) is 26.2 Å². The van der Waals surface area contributed by atoms with Gasteiger partial charge in [0.1, 0.15) is 12.1 Å². The third-order valence-corrected chi connectivity index (χ3v) is 3.70. The number of morpholine rings is 1. The lowest BCUT2D eigenvalue weighted by atomic mass is 10.1. The van der Waals surface area contributed by atoms with Crippen LogP contribution in [0, 0.1) is 5.92 Å². The molecule has 2 atom stereocenters. The summed E-state index contributed by atoms with van der Waals surface area (Å²) in [7, 11) is 0. The van der Waals surface area contributed by atoms with Gasteiger partial charge in [0, 0.05) is 13.1 Å². The van der Waals surface area contributed by atoms with Gasteiger partial charge in [-0.1, -0.05) is 6.92 Å². The summed E-state index contributed by atoms with van der Waals surface area (Å²) in [5.74, 6) is -0.747. The van der Waals surface area contributed by atoms with Gasteiger partial charge in [-0.25, -0.2) is 0 Å². The van der Waals surface area contributed by atoms with Gasteiger partial charge in [-0.2, -0.15) is 0 Å². The number of aliphatic carboxylic acids is 1. The van der Waals surface area contributed by atoms with Gasteiger partial charge in [-0.05, 0) is 25.2 Å². The Kier molecular flexibility index (Phi) is 4.76. The van der Waals surface area contributed by atoms with E-state index < -0.39 is 18.1 Å². The number of amides is 1. The van der Waals surface area contributed by atoms with Gasteiger partial charge in [0.05, 0.1) is 13.2 Å². The minimum atomic E-state index is -0.822. The first-order valence-electron chi connectivity index (χ1n) is 6.99. The van der Waals surface area contributed by atoms with Crippen molar-refractivity contribution in [2.75, 3.05) is 26.3 Å². The first kappa shape index (κ1) is 14.3. The summed E-state index contributed by atoms with van der Waals surface area (Å²) in [4.78, 5) is 25.4. The molecule has 2 N–H and O–H groups in total. The van der Waals surface area contributed by atoms with Gasteiger partial charge in [-0.15, -0.1) is 0 Å². The molecule has 0 spiro atoms. The van der Waals surface area contributed by atoms with Crippen LogP contribution in [0.4, 0.5) is 0 Å². The summed E-state index contributed by atoms with van der Waals surface area (Å²) in [6, 6.07) is -1.01. The van der Waals surface area contributed by atoms with Crippen LogP contribution in [-0.4, -0.2) is 60.3 Å². The molecule has 1 aliphatic carbocycles. The highest BCUT2D eigenvalue weighted by Gasteiger charge is 2.45. The van der Waals surface area contributed by atoms with Crippen molar-refractivity contribution in [3.8, 4) is 0 Å². The SMILES string of the molecule is CCCNC(=O)C1COCCN1C(C(=O)O)C1CC1. The highest BCUT2D eigenvalue weighted by atomic mass is 16.5. The minimum Gasteiger partial charge on any atom is -0.480 e. The van der Waals surface area contributed by atoms with Gasteiger partial charge < -0.3 is 15.2 Å². The van der Waals surface area contributed by atoms with E-state index in [-0.39, 0.29) is 18.4 Å². The Balaban J connectivity index is 2.05. The normalized spacial score (nSPS) is 25.8. The number of hydrogen-bond donors (Lipinski definition) is 2. The molecule has 2 rings (SSSR count). The minimum absolute atomic E-state index is 0.117. The Bertz CT molecular complexity index is 344.